The molecule has 0 unspecified atom stereocenters. The molecular formula is C21H24N2O4. The quantitative estimate of drug-likeness (QED) is 0.783. The highest BCUT2D eigenvalue weighted by Gasteiger charge is 2.26. The summed E-state index contributed by atoms with van der Waals surface area (Å²) in [5, 5.41) is 12.0. The zero-order chi connectivity index (χ0) is 19.1. The van der Waals surface area contributed by atoms with E-state index in [2.05, 4.69) is 22.3 Å². The van der Waals surface area contributed by atoms with Crippen LogP contribution < -0.4 is 5.32 Å². The normalized spacial score (nSPS) is 18.6. The Morgan fingerprint density at radius 2 is 1.78 bits per heavy atom. The first kappa shape index (κ1) is 19.1. The number of benzene rings is 2. The van der Waals surface area contributed by atoms with E-state index in [0.717, 1.165) is 13.1 Å². The van der Waals surface area contributed by atoms with Crippen LogP contribution in [0.15, 0.2) is 60.7 Å². The summed E-state index contributed by atoms with van der Waals surface area (Å²) in [5.41, 5.74) is 1.77. The average molecular weight is 368 g/mol. The lowest BCUT2D eigenvalue weighted by Gasteiger charge is -2.32. The molecule has 2 N–H and O–H groups in total. The van der Waals surface area contributed by atoms with Crippen LogP contribution in [0.4, 0.5) is 0 Å². The van der Waals surface area contributed by atoms with Gasteiger partial charge in [0.2, 0.25) is 5.91 Å². The van der Waals surface area contributed by atoms with E-state index in [9.17, 15) is 14.7 Å². The fourth-order valence-corrected chi connectivity index (χ4v) is 3.25. The second-order valence-electron chi connectivity index (χ2n) is 6.67. The maximum absolute atomic E-state index is 12.4. The molecule has 1 heterocycles. The minimum atomic E-state index is -1.08. The molecule has 27 heavy (non-hydrogen) atoms. The monoisotopic (exact) mass is 368 g/mol. The maximum atomic E-state index is 12.4. The number of carbonyl (C=O) groups excluding carboxylic acids is 1. The Hall–Kier alpha value is -2.70. The molecule has 1 saturated heterocycles. The van der Waals surface area contributed by atoms with Crippen molar-refractivity contribution in [3.8, 4) is 0 Å². The van der Waals surface area contributed by atoms with Crippen LogP contribution >= 0.6 is 0 Å². The highest BCUT2D eigenvalue weighted by Crippen LogP contribution is 2.15. The first-order chi connectivity index (χ1) is 13.1. The molecule has 0 aliphatic carbocycles. The van der Waals surface area contributed by atoms with Crippen molar-refractivity contribution >= 4 is 11.9 Å². The van der Waals surface area contributed by atoms with Gasteiger partial charge in [-0.2, -0.15) is 0 Å². The number of aliphatic carboxylic acids is 1. The third-order valence-corrected chi connectivity index (χ3v) is 4.57. The molecule has 0 bridgehead atoms. The van der Waals surface area contributed by atoms with E-state index in [1.54, 1.807) is 30.3 Å². The zero-order valence-electron chi connectivity index (χ0n) is 15.1. The number of hydrogen-bond donors (Lipinski definition) is 2. The van der Waals surface area contributed by atoms with Gasteiger partial charge in [0, 0.05) is 19.6 Å². The van der Waals surface area contributed by atoms with E-state index in [1.807, 2.05) is 18.2 Å². The largest absolute Gasteiger partial charge is 0.479 e. The number of carboxylic acids is 1. The molecule has 3 rings (SSSR count). The van der Waals surface area contributed by atoms with Gasteiger partial charge in [-0.3, -0.25) is 9.69 Å². The lowest BCUT2D eigenvalue weighted by Crippen LogP contribution is -2.44. The van der Waals surface area contributed by atoms with Gasteiger partial charge < -0.3 is 15.2 Å². The third-order valence-electron chi connectivity index (χ3n) is 4.57. The fraction of sp³-hybridized carbons (Fsp3) is 0.333. The molecule has 1 aliphatic rings. The van der Waals surface area contributed by atoms with Crippen LogP contribution in [0.25, 0.3) is 0 Å². The van der Waals surface area contributed by atoms with Gasteiger partial charge in [0.05, 0.1) is 19.1 Å². The Balaban J connectivity index is 1.54. The maximum Gasteiger partial charge on any atom is 0.330 e. The van der Waals surface area contributed by atoms with Crippen LogP contribution in [-0.2, 0) is 20.9 Å². The number of amides is 1. The topological polar surface area (TPSA) is 78.9 Å². The second kappa shape index (κ2) is 9.30. The van der Waals surface area contributed by atoms with E-state index < -0.39 is 12.0 Å². The van der Waals surface area contributed by atoms with Gasteiger partial charge >= 0.3 is 5.97 Å². The first-order valence-corrected chi connectivity index (χ1v) is 9.07. The number of hydrogen-bond acceptors (Lipinski definition) is 4. The Morgan fingerprint density at radius 1 is 1.11 bits per heavy atom. The summed E-state index contributed by atoms with van der Waals surface area (Å²) < 4.78 is 5.71. The summed E-state index contributed by atoms with van der Waals surface area (Å²) in [6.07, 6.45) is -0.102. The molecular weight excluding hydrogens is 344 g/mol. The van der Waals surface area contributed by atoms with E-state index in [4.69, 9.17) is 4.74 Å². The summed E-state index contributed by atoms with van der Waals surface area (Å²) in [5.74, 6) is -1.40. The van der Waals surface area contributed by atoms with Crippen molar-refractivity contribution in [3.05, 3.63) is 71.8 Å². The number of ether oxygens (including phenoxy) is 1. The predicted octanol–water partition coefficient (Wildman–Crippen LogP) is 2.22. The first-order valence-electron chi connectivity index (χ1n) is 9.07. The van der Waals surface area contributed by atoms with E-state index in [0.29, 0.717) is 18.7 Å². The van der Waals surface area contributed by atoms with Crippen molar-refractivity contribution in [2.24, 2.45) is 0 Å². The number of morpholine rings is 1. The van der Waals surface area contributed by atoms with Gasteiger partial charge in [-0.05, 0) is 11.1 Å². The van der Waals surface area contributed by atoms with Crippen molar-refractivity contribution < 1.29 is 19.4 Å². The zero-order valence-corrected chi connectivity index (χ0v) is 15.1. The fourth-order valence-electron chi connectivity index (χ4n) is 3.25. The van der Waals surface area contributed by atoms with Crippen molar-refractivity contribution in [3.63, 3.8) is 0 Å². The number of rotatable bonds is 7. The van der Waals surface area contributed by atoms with Crippen molar-refractivity contribution in [1.82, 2.24) is 10.2 Å². The molecule has 2 atom stereocenters. The van der Waals surface area contributed by atoms with E-state index in [-0.39, 0.29) is 18.4 Å². The highest BCUT2D eigenvalue weighted by atomic mass is 16.5. The van der Waals surface area contributed by atoms with Gasteiger partial charge in [0.1, 0.15) is 0 Å². The van der Waals surface area contributed by atoms with Crippen LogP contribution in [-0.4, -0.2) is 47.7 Å². The van der Waals surface area contributed by atoms with Crippen molar-refractivity contribution in [2.75, 3.05) is 19.7 Å². The van der Waals surface area contributed by atoms with Gasteiger partial charge in [-0.1, -0.05) is 60.7 Å². The molecule has 1 aliphatic heterocycles. The van der Waals surface area contributed by atoms with Gasteiger partial charge in [0.25, 0.3) is 0 Å². The molecule has 0 radical (unpaired) electrons. The predicted molar refractivity (Wildman–Crippen MR) is 101 cm³/mol. The Kier molecular flexibility index (Phi) is 6.57. The molecule has 0 saturated carbocycles. The molecule has 0 aromatic heterocycles. The SMILES string of the molecule is O=C(C[C@H]1CN(Cc2ccccc2)CCO1)N[C@H](C(=O)O)c1ccccc1. The van der Waals surface area contributed by atoms with Gasteiger partial charge in [-0.25, -0.2) is 4.79 Å². The molecule has 2 aromatic rings. The minimum absolute atomic E-state index is 0.141. The Morgan fingerprint density at radius 3 is 2.44 bits per heavy atom. The summed E-state index contributed by atoms with van der Waals surface area (Å²) in [7, 11) is 0. The van der Waals surface area contributed by atoms with Crippen LogP contribution in [0, 0.1) is 0 Å². The summed E-state index contributed by atoms with van der Waals surface area (Å²) >= 11 is 0. The standard InChI is InChI=1S/C21H24N2O4/c24-19(22-20(21(25)26)17-9-5-2-6-10-17)13-18-15-23(11-12-27-18)14-16-7-3-1-4-8-16/h1-10,18,20H,11-15H2,(H,22,24)(H,25,26)/t18-,20-/m0/s1. The average Bonchev–Trinajstić information content (AvgIpc) is 2.68. The Labute approximate surface area is 158 Å². The number of carboxylic acid groups (broad SMARTS) is 1. The van der Waals surface area contributed by atoms with Gasteiger partial charge in [-0.15, -0.1) is 0 Å². The molecule has 2 aromatic carbocycles. The lowest BCUT2D eigenvalue weighted by atomic mass is 10.1. The van der Waals surface area contributed by atoms with E-state index >= 15 is 0 Å². The second-order valence-corrected chi connectivity index (χ2v) is 6.67. The molecule has 0 spiro atoms. The van der Waals surface area contributed by atoms with Crippen LogP contribution in [0.5, 0.6) is 0 Å². The number of nitrogens with one attached hydrogen (secondary N) is 1. The van der Waals surface area contributed by atoms with Crippen LogP contribution in [0.3, 0.4) is 0 Å². The smallest absolute Gasteiger partial charge is 0.330 e. The Bertz CT molecular complexity index is 751. The summed E-state index contributed by atoms with van der Waals surface area (Å²) in [6, 6.07) is 17.8. The van der Waals surface area contributed by atoms with Gasteiger partial charge in [0.15, 0.2) is 6.04 Å². The van der Waals surface area contributed by atoms with E-state index in [1.165, 1.54) is 5.56 Å². The van der Waals surface area contributed by atoms with Crippen molar-refractivity contribution in [1.29, 1.82) is 0 Å². The third kappa shape index (κ3) is 5.64. The lowest BCUT2D eigenvalue weighted by molar-refractivity contribution is -0.142. The number of carbonyl (C=O) groups is 2. The summed E-state index contributed by atoms with van der Waals surface area (Å²) in [6.45, 7) is 2.83. The molecule has 6 nitrogen and oxygen atoms in total. The number of nitrogens with zero attached hydrogens (tertiary/aromatic N) is 1. The van der Waals surface area contributed by atoms with Crippen molar-refractivity contribution in [2.45, 2.75) is 25.1 Å². The summed E-state index contributed by atoms with van der Waals surface area (Å²) in [4.78, 5) is 26.2. The van der Waals surface area contributed by atoms with Crippen LogP contribution in [0.1, 0.15) is 23.6 Å². The molecule has 1 fully saturated rings. The van der Waals surface area contributed by atoms with Crippen LogP contribution in [0.2, 0.25) is 0 Å². The molecule has 6 heteroatoms. The minimum Gasteiger partial charge on any atom is -0.479 e. The molecule has 1 amide bonds. The molecule has 142 valence electrons. The highest BCUT2D eigenvalue weighted by molar-refractivity contribution is 5.84.